The minimum absolute atomic E-state index is 0.00442. The highest BCUT2D eigenvalue weighted by Crippen LogP contribution is 2.24. The Hall–Kier alpha value is -5.27. The van der Waals surface area contributed by atoms with Gasteiger partial charge in [-0.1, -0.05) is 12.1 Å². The molecule has 2 aromatic carbocycles. The third kappa shape index (κ3) is 5.22. The highest BCUT2D eigenvalue weighted by atomic mass is 16.6. The molecule has 2 heterocycles. The van der Waals surface area contributed by atoms with Crippen LogP contribution < -0.4 is 25.3 Å². The monoisotopic (exact) mass is 479 g/mol. The molecule has 0 aliphatic heterocycles. The molecule has 35 heavy (non-hydrogen) atoms. The fourth-order valence-electron chi connectivity index (χ4n) is 3.02. The number of H-pyrrole nitrogens is 1. The number of carbonyl (C=O) groups is 2. The zero-order chi connectivity index (χ0) is 24.8. The Morgan fingerprint density at radius 2 is 2.03 bits per heavy atom. The Balaban J connectivity index is 1.57. The molecule has 2 aromatic heterocycles. The maximum atomic E-state index is 12.9. The second-order valence-electron chi connectivity index (χ2n) is 6.90. The number of ether oxygens (including phenoxy) is 2. The van der Waals surface area contributed by atoms with Crippen molar-refractivity contribution in [2.75, 3.05) is 19.5 Å². The second-order valence-corrected chi connectivity index (χ2v) is 6.90. The van der Waals surface area contributed by atoms with Gasteiger partial charge in [-0.3, -0.25) is 4.79 Å². The van der Waals surface area contributed by atoms with Crippen LogP contribution in [0.25, 0.3) is 17.1 Å². The molecule has 4 rings (SSSR count). The van der Waals surface area contributed by atoms with Crippen molar-refractivity contribution >= 4 is 23.9 Å². The number of hydrogen-bond acceptors (Lipinski definition) is 10. The van der Waals surface area contributed by atoms with Gasteiger partial charge in [0.15, 0.2) is 12.3 Å². The molecule has 0 spiro atoms. The molecule has 0 bridgehead atoms. The summed E-state index contributed by atoms with van der Waals surface area (Å²) >= 11 is 0. The molecule has 5 N–H and O–H groups in total. The van der Waals surface area contributed by atoms with E-state index >= 15 is 0 Å². The van der Waals surface area contributed by atoms with Gasteiger partial charge >= 0.3 is 17.7 Å². The molecule has 0 saturated heterocycles. The average Bonchev–Trinajstić information content (AvgIpc) is 3.49. The number of nitrogens with one attached hydrogen (secondary N) is 2. The number of aliphatic carboxylic acids is 1. The molecule has 178 valence electrons. The number of hydrazone groups is 1. The summed E-state index contributed by atoms with van der Waals surface area (Å²) in [7, 11) is 1.52. The minimum Gasteiger partial charge on any atom is -0.497 e. The summed E-state index contributed by atoms with van der Waals surface area (Å²) in [5, 5.41) is 26.7. The van der Waals surface area contributed by atoms with E-state index in [-0.39, 0.29) is 17.3 Å². The Morgan fingerprint density at radius 3 is 2.71 bits per heavy atom. The fraction of sp³-hybridized carbons (Fsp3) is 0.0952. The predicted octanol–water partition coefficient (Wildman–Crippen LogP) is 0.555. The maximum Gasteiger partial charge on any atom is 0.377 e. The lowest BCUT2D eigenvalue weighted by atomic mass is 10.1. The first-order valence-corrected chi connectivity index (χ1v) is 9.97. The van der Waals surface area contributed by atoms with Gasteiger partial charge < -0.3 is 20.3 Å². The van der Waals surface area contributed by atoms with Crippen molar-refractivity contribution in [2.45, 2.75) is 0 Å². The second kappa shape index (κ2) is 10.1. The summed E-state index contributed by atoms with van der Waals surface area (Å²) in [5.41, 5.74) is 9.77. The largest absolute Gasteiger partial charge is 0.497 e. The van der Waals surface area contributed by atoms with Gasteiger partial charge in [0.05, 0.1) is 13.3 Å². The number of nitrogen functional groups attached to an aromatic ring is 1. The number of amides is 1. The fourth-order valence-corrected chi connectivity index (χ4v) is 3.02. The molecular formula is C21H19N8O6+. The van der Waals surface area contributed by atoms with Crippen molar-refractivity contribution in [1.82, 2.24) is 26.1 Å². The van der Waals surface area contributed by atoms with Crippen LogP contribution in [-0.4, -0.2) is 57.5 Å². The molecule has 0 unspecified atom stereocenters. The molecule has 4 aromatic rings. The van der Waals surface area contributed by atoms with Crippen LogP contribution >= 0.6 is 0 Å². The van der Waals surface area contributed by atoms with Gasteiger partial charge in [0.25, 0.3) is 11.5 Å². The van der Waals surface area contributed by atoms with Gasteiger partial charge in [-0.15, -0.1) is 9.90 Å². The first-order chi connectivity index (χ1) is 17.0. The van der Waals surface area contributed by atoms with Crippen molar-refractivity contribution in [1.29, 1.82) is 0 Å². The van der Waals surface area contributed by atoms with E-state index in [0.29, 0.717) is 28.3 Å². The first kappa shape index (κ1) is 22.9. The lowest BCUT2D eigenvalue weighted by Crippen LogP contribution is -2.37. The van der Waals surface area contributed by atoms with E-state index in [4.69, 9.17) is 20.3 Å². The Labute approximate surface area is 196 Å². The molecule has 14 heteroatoms. The predicted molar refractivity (Wildman–Crippen MR) is 119 cm³/mol. The molecule has 14 nitrogen and oxygen atoms in total. The molecule has 0 radical (unpaired) electrons. The smallest absolute Gasteiger partial charge is 0.377 e. The zero-order valence-electron chi connectivity index (χ0n) is 18.2. The van der Waals surface area contributed by atoms with Crippen LogP contribution in [0.2, 0.25) is 0 Å². The average molecular weight is 479 g/mol. The van der Waals surface area contributed by atoms with E-state index in [2.05, 4.69) is 35.8 Å². The molecule has 0 saturated carbocycles. The summed E-state index contributed by atoms with van der Waals surface area (Å²) in [6, 6.07) is 13.4. The molecule has 0 fully saturated rings. The standard InChI is InChI=1S/C21H18N8O6/c1-33-15-4-2-3-13(9-15)18-17(24-28-29(18)20-19(22)26-35-27-20)21(32)25-23-10-12-5-7-14(8-6-12)34-11-16(30)31/h2-10H,11H2,1H3,(H4,22,25,26,30,31,32)/p+1/b23-10+. The van der Waals surface area contributed by atoms with Crippen LogP contribution in [0.15, 0.2) is 58.3 Å². The highest BCUT2D eigenvalue weighted by Gasteiger charge is 2.31. The van der Waals surface area contributed by atoms with E-state index in [1.54, 1.807) is 48.5 Å². The van der Waals surface area contributed by atoms with Gasteiger partial charge in [0.1, 0.15) is 16.7 Å². The van der Waals surface area contributed by atoms with Crippen LogP contribution in [-0.2, 0) is 4.79 Å². The number of aromatic amines is 1. The van der Waals surface area contributed by atoms with E-state index in [0.717, 1.165) is 0 Å². The number of benzene rings is 2. The van der Waals surface area contributed by atoms with Crippen molar-refractivity contribution in [2.24, 2.45) is 5.10 Å². The molecule has 1 amide bonds. The van der Waals surface area contributed by atoms with Crippen LogP contribution in [0.5, 0.6) is 11.5 Å². The highest BCUT2D eigenvalue weighted by molar-refractivity contribution is 5.97. The number of carboxylic acids is 1. The van der Waals surface area contributed by atoms with Crippen LogP contribution in [0.4, 0.5) is 5.82 Å². The number of methoxy groups -OCH3 is 1. The number of aromatic nitrogens is 5. The van der Waals surface area contributed by atoms with Crippen LogP contribution in [0.1, 0.15) is 16.1 Å². The van der Waals surface area contributed by atoms with Crippen molar-refractivity contribution < 1.29 is 33.5 Å². The third-order valence-corrected chi connectivity index (χ3v) is 4.60. The zero-order valence-corrected chi connectivity index (χ0v) is 18.2. The van der Waals surface area contributed by atoms with E-state index < -0.39 is 18.5 Å². The molecular weight excluding hydrogens is 460 g/mol. The van der Waals surface area contributed by atoms with Gasteiger partial charge in [-0.25, -0.2) is 10.2 Å². The van der Waals surface area contributed by atoms with Gasteiger partial charge in [-0.05, 0) is 52.2 Å². The number of carbonyl (C=O) groups excluding carboxylic acids is 1. The maximum absolute atomic E-state index is 12.9. The van der Waals surface area contributed by atoms with E-state index in [1.807, 2.05) is 0 Å². The number of carboxylic acid groups (broad SMARTS) is 1. The molecule has 0 aliphatic carbocycles. The van der Waals surface area contributed by atoms with Crippen molar-refractivity contribution in [3.8, 4) is 28.6 Å². The summed E-state index contributed by atoms with van der Waals surface area (Å²) in [6.07, 6.45) is 1.41. The summed E-state index contributed by atoms with van der Waals surface area (Å²) < 4.78 is 16.4. The number of nitrogens with zero attached hydrogens (tertiary/aromatic N) is 5. The number of rotatable bonds is 9. The Morgan fingerprint density at radius 1 is 1.23 bits per heavy atom. The normalized spacial score (nSPS) is 10.9. The van der Waals surface area contributed by atoms with E-state index in [9.17, 15) is 9.59 Å². The van der Waals surface area contributed by atoms with E-state index in [1.165, 1.54) is 18.0 Å². The number of hydrogen-bond donors (Lipinski definition) is 4. The lowest BCUT2D eigenvalue weighted by Gasteiger charge is -2.04. The van der Waals surface area contributed by atoms with Gasteiger partial charge in [0, 0.05) is 5.56 Å². The molecule has 0 atom stereocenters. The van der Waals surface area contributed by atoms with Crippen molar-refractivity contribution in [3.05, 3.63) is 59.8 Å². The third-order valence-electron chi connectivity index (χ3n) is 4.60. The summed E-state index contributed by atoms with van der Waals surface area (Å²) in [4.78, 5) is 23.5. The SMILES string of the molecule is COc1cccc(-c2c(C(=O)N/N=C/c3ccc(OCC(=O)O)cc3)n[nH][n+]2-c2nonc2N)c1. The van der Waals surface area contributed by atoms with Crippen molar-refractivity contribution in [3.63, 3.8) is 0 Å². The minimum atomic E-state index is -1.08. The Bertz CT molecular complexity index is 1380. The molecule has 0 aliphatic rings. The number of anilines is 1. The van der Waals surface area contributed by atoms with Crippen LogP contribution in [0, 0.1) is 0 Å². The first-order valence-electron chi connectivity index (χ1n) is 9.97. The lowest BCUT2D eigenvalue weighted by molar-refractivity contribution is -0.652. The van der Waals surface area contributed by atoms with Gasteiger partial charge in [-0.2, -0.15) is 9.73 Å². The topological polar surface area (TPSA) is 195 Å². The number of nitrogens with two attached hydrogens (primary N) is 1. The Kier molecular flexibility index (Phi) is 6.62. The van der Waals surface area contributed by atoms with Gasteiger partial charge in [0.2, 0.25) is 0 Å². The van der Waals surface area contributed by atoms with Crippen LogP contribution in [0.3, 0.4) is 0 Å². The summed E-state index contributed by atoms with van der Waals surface area (Å²) in [6.45, 7) is -0.446. The summed E-state index contributed by atoms with van der Waals surface area (Å²) in [5.74, 6) is -0.646. The quantitative estimate of drug-likeness (QED) is 0.150.